The molecule has 0 aromatic heterocycles. The lowest BCUT2D eigenvalue weighted by molar-refractivity contribution is -0.124. The molecule has 1 aromatic rings. The van der Waals surface area contributed by atoms with Gasteiger partial charge in [-0.2, -0.15) is 5.26 Å². The number of esters is 1. The van der Waals surface area contributed by atoms with E-state index >= 15 is 0 Å². The number of nitrogens with zero attached hydrogens (tertiary/aromatic N) is 1. The van der Waals surface area contributed by atoms with E-state index in [4.69, 9.17) is 11.0 Å². The van der Waals surface area contributed by atoms with Gasteiger partial charge >= 0.3 is 5.97 Å². The average Bonchev–Trinajstić information content (AvgIpc) is 2.35. The number of hydrogen-bond donors (Lipinski definition) is 2. The highest BCUT2D eigenvalue weighted by Gasteiger charge is 2.11. The summed E-state index contributed by atoms with van der Waals surface area (Å²) in [6.07, 6.45) is 0.167. The molecule has 19 heavy (non-hydrogen) atoms. The smallest absolute Gasteiger partial charge is 0.338 e. The van der Waals surface area contributed by atoms with Crippen molar-refractivity contribution in [3.05, 3.63) is 29.6 Å². The molecule has 0 aliphatic rings. The Labute approximate surface area is 109 Å². The van der Waals surface area contributed by atoms with Crippen LogP contribution >= 0.6 is 0 Å². The maximum Gasteiger partial charge on any atom is 0.338 e. The van der Waals surface area contributed by atoms with E-state index < -0.39 is 24.3 Å². The molecule has 6 nitrogen and oxygen atoms in total. The number of benzene rings is 1. The monoisotopic (exact) mass is 265 g/mol. The van der Waals surface area contributed by atoms with Crippen LogP contribution < -0.4 is 11.1 Å². The maximum absolute atomic E-state index is 13.0. The van der Waals surface area contributed by atoms with Crippen molar-refractivity contribution < 1.29 is 18.7 Å². The topological polar surface area (TPSA) is 105 Å². The molecule has 1 aromatic carbocycles. The zero-order chi connectivity index (χ0) is 14.3. The lowest BCUT2D eigenvalue weighted by Crippen LogP contribution is -2.29. The third-order valence-electron chi connectivity index (χ3n) is 2.05. The van der Waals surface area contributed by atoms with Crippen molar-refractivity contribution in [3.63, 3.8) is 0 Å². The number of ether oxygens (including phenoxy) is 1. The summed E-state index contributed by atoms with van der Waals surface area (Å²) < 4.78 is 17.7. The summed E-state index contributed by atoms with van der Waals surface area (Å²) >= 11 is 0. The fourth-order valence-corrected chi connectivity index (χ4v) is 1.25. The van der Waals surface area contributed by atoms with Gasteiger partial charge in [0.15, 0.2) is 6.61 Å². The first-order valence-electron chi connectivity index (χ1n) is 5.40. The van der Waals surface area contributed by atoms with Gasteiger partial charge in [0.2, 0.25) is 0 Å². The Kier molecular flexibility index (Phi) is 5.29. The van der Waals surface area contributed by atoms with E-state index in [1.165, 1.54) is 6.07 Å². The predicted octanol–water partition coefficient (Wildman–Crippen LogP) is 0.595. The molecule has 7 heteroatoms. The van der Waals surface area contributed by atoms with Gasteiger partial charge in [0, 0.05) is 12.2 Å². The fraction of sp³-hybridized carbons (Fsp3) is 0.250. The number of rotatable bonds is 5. The molecule has 0 saturated heterocycles. The van der Waals surface area contributed by atoms with Crippen molar-refractivity contribution in [1.82, 2.24) is 5.32 Å². The summed E-state index contributed by atoms with van der Waals surface area (Å²) in [6, 6.07) is 5.12. The highest BCUT2D eigenvalue weighted by atomic mass is 19.1. The summed E-state index contributed by atoms with van der Waals surface area (Å²) in [6.45, 7) is -0.319. The quantitative estimate of drug-likeness (QED) is 0.460. The van der Waals surface area contributed by atoms with Gasteiger partial charge in [-0.1, -0.05) is 0 Å². The highest BCUT2D eigenvalue weighted by Crippen LogP contribution is 2.11. The van der Waals surface area contributed by atoms with Crippen LogP contribution in [0.15, 0.2) is 18.2 Å². The van der Waals surface area contributed by atoms with Crippen LogP contribution in [0.5, 0.6) is 0 Å². The minimum absolute atomic E-state index is 0.0673. The zero-order valence-electron chi connectivity index (χ0n) is 9.98. The van der Waals surface area contributed by atoms with Crippen molar-refractivity contribution in [2.75, 3.05) is 18.9 Å². The van der Waals surface area contributed by atoms with E-state index in [1.54, 1.807) is 0 Å². The second-order valence-corrected chi connectivity index (χ2v) is 3.61. The van der Waals surface area contributed by atoms with Crippen LogP contribution in [0.1, 0.15) is 16.8 Å². The second kappa shape index (κ2) is 6.96. The van der Waals surface area contributed by atoms with Crippen LogP contribution in [0.3, 0.4) is 0 Å². The highest BCUT2D eigenvalue weighted by molar-refractivity contribution is 5.92. The molecule has 0 radical (unpaired) electrons. The van der Waals surface area contributed by atoms with Crippen LogP contribution in [0, 0.1) is 17.1 Å². The number of nitrogens with two attached hydrogens (primary N) is 1. The number of halogens is 1. The van der Waals surface area contributed by atoms with Crippen LogP contribution in [0.4, 0.5) is 10.1 Å². The van der Waals surface area contributed by atoms with Gasteiger partial charge in [-0.25, -0.2) is 9.18 Å². The summed E-state index contributed by atoms with van der Waals surface area (Å²) in [5.74, 6) is -2.04. The number of nitriles is 1. The predicted molar refractivity (Wildman–Crippen MR) is 64.3 cm³/mol. The molecule has 1 amide bonds. The molecule has 1 rings (SSSR count). The minimum atomic E-state index is -0.846. The fourth-order valence-electron chi connectivity index (χ4n) is 1.25. The summed E-state index contributed by atoms with van der Waals surface area (Å²) in [7, 11) is 0. The number of hydrogen-bond acceptors (Lipinski definition) is 5. The molecule has 0 heterocycles. The summed E-state index contributed by atoms with van der Waals surface area (Å²) in [4.78, 5) is 22.7. The minimum Gasteiger partial charge on any atom is -0.452 e. The summed E-state index contributed by atoms with van der Waals surface area (Å²) in [5, 5.41) is 10.6. The molecule has 0 unspecified atom stereocenters. The number of carbonyl (C=O) groups is 2. The maximum atomic E-state index is 13.0. The molecular formula is C12H12FN3O3. The standard InChI is InChI=1S/C12H12FN3O3/c13-9-4-8(5-10(15)6-9)12(18)19-7-11(17)16-3-1-2-14/h4-6H,1,3,7,15H2,(H,16,17). The van der Waals surface area contributed by atoms with Crippen LogP contribution in [0.2, 0.25) is 0 Å². The first kappa shape index (κ1) is 14.4. The molecule has 0 aliphatic carbocycles. The van der Waals surface area contributed by atoms with Gasteiger partial charge in [-0.3, -0.25) is 4.79 Å². The van der Waals surface area contributed by atoms with E-state index in [-0.39, 0.29) is 24.2 Å². The second-order valence-electron chi connectivity index (χ2n) is 3.61. The Morgan fingerprint density at radius 3 is 2.79 bits per heavy atom. The molecule has 0 saturated carbocycles. The van der Waals surface area contributed by atoms with Crippen LogP contribution in [-0.2, 0) is 9.53 Å². The Bertz CT molecular complexity index is 505. The number of nitrogens with one attached hydrogen (secondary N) is 1. The first-order valence-corrected chi connectivity index (χ1v) is 5.40. The van der Waals surface area contributed by atoms with Gasteiger partial charge in [0.1, 0.15) is 5.82 Å². The Balaban J connectivity index is 2.47. The number of amides is 1. The van der Waals surface area contributed by atoms with Gasteiger partial charge in [-0.15, -0.1) is 0 Å². The SMILES string of the molecule is N#CCCNC(=O)COC(=O)c1cc(N)cc(F)c1. The van der Waals surface area contributed by atoms with E-state index in [1.807, 2.05) is 6.07 Å². The molecule has 0 aliphatic heterocycles. The number of anilines is 1. The average molecular weight is 265 g/mol. The third-order valence-corrected chi connectivity index (χ3v) is 2.05. The normalized spacial score (nSPS) is 9.47. The van der Waals surface area contributed by atoms with E-state index in [9.17, 15) is 14.0 Å². The van der Waals surface area contributed by atoms with E-state index in [0.717, 1.165) is 12.1 Å². The van der Waals surface area contributed by atoms with Crippen LogP contribution in [0.25, 0.3) is 0 Å². The molecule has 0 fully saturated rings. The lowest BCUT2D eigenvalue weighted by Gasteiger charge is -2.06. The molecule has 3 N–H and O–H groups in total. The van der Waals surface area contributed by atoms with Gasteiger partial charge in [-0.05, 0) is 18.2 Å². The largest absolute Gasteiger partial charge is 0.452 e. The zero-order valence-corrected chi connectivity index (χ0v) is 9.98. The molecule has 0 bridgehead atoms. The molecule has 100 valence electrons. The van der Waals surface area contributed by atoms with E-state index in [0.29, 0.717) is 0 Å². The van der Waals surface area contributed by atoms with Crippen molar-refractivity contribution in [1.29, 1.82) is 5.26 Å². The third kappa shape index (κ3) is 5.04. The van der Waals surface area contributed by atoms with Crippen molar-refractivity contribution in [2.45, 2.75) is 6.42 Å². The summed E-state index contributed by atoms with van der Waals surface area (Å²) in [5.41, 5.74) is 5.40. The Morgan fingerprint density at radius 1 is 1.42 bits per heavy atom. The molecule has 0 atom stereocenters. The van der Waals surface area contributed by atoms with Crippen molar-refractivity contribution in [2.24, 2.45) is 0 Å². The van der Waals surface area contributed by atoms with Crippen molar-refractivity contribution >= 4 is 17.6 Å². The van der Waals surface area contributed by atoms with E-state index in [2.05, 4.69) is 10.1 Å². The molecule has 0 spiro atoms. The molecular weight excluding hydrogens is 253 g/mol. The van der Waals surface area contributed by atoms with Crippen LogP contribution in [-0.4, -0.2) is 25.0 Å². The lowest BCUT2D eigenvalue weighted by atomic mass is 10.2. The number of nitrogen functional groups attached to an aromatic ring is 1. The van der Waals surface area contributed by atoms with Crippen molar-refractivity contribution in [3.8, 4) is 6.07 Å². The van der Waals surface area contributed by atoms with Gasteiger partial charge < -0.3 is 15.8 Å². The van der Waals surface area contributed by atoms with Gasteiger partial charge in [0.25, 0.3) is 5.91 Å². The number of carbonyl (C=O) groups excluding carboxylic acids is 2. The Hall–Kier alpha value is -2.62. The van der Waals surface area contributed by atoms with Gasteiger partial charge in [0.05, 0.1) is 18.1 Å². The Morgan fingerprint density at radius 2 is 2.16 bits per heavy atom. The first-order chi connectivity index (χ1) is 9.02.